The molecule has 2 aromatic carbocycles. The van der Waals surface area contributed by atoms with Crippen LogP contribution in [0.2, 0.25) is 0 Å². The van der Waals surface area contributed by atoms with Crippen molar-refractivity contribution in [3.8, 4) is 17.2 Å². The summed E-state index contributed by atoms with van der Waals surface area (Å²) in [5, 5.41) is 5.63. The highest BCUT2D eigenvalue weighted by molar-refractivity contribution is 5.87. The second-order valence-electron chi connectivity index (χ2n) is 8.49. The molecule has 9 nitrogen and oxygen atoms in total. The maximum atomic E-state index is 13.5. The van der Waals surface area contributed by atoms with E-state index in [9.17, 15) is 9.59 Å². The normalized spacial score (nSPS) is 15.4. The summed E-state index contributed by atoms with van der Waals surface area (Å²) >= 11 is 0. The van der Waals surface area contributed by atoms with Crippen LogP contribution in [0.5, 0.6) is 17.2 Å². The fraction of sp³-hybridized carbons (Fsp3) is 0.333. The van der Waals surface area contributed by atoms with Gasteiger partial charge in [-0.05, 0) is 66.4 Å². The molecule has 9 heteroatoms. The quantitative estimate of drug-likeness (QED) is 0.497. The van der Waals surface area contributed by atoms with Crippen LogP contribution < -0.4 is 24.8 Å². The van der Waals surface area contributed by atoms with E-state index in [1.54, 1.807) is 51.5 Å². The number of methoxy groups -OCH3 is 3. The standard InChI is InChI=1S/C27H31N3O6/c1-17(26(31)28-16-21-6-5-13-36-21)29-27(32)30-12-11-19-14-23(34-3)24(35-4)15-22(19)25(30)18-7-9-20(33-2)10-8-18/h5-10,13-15,17,25H,11-12,16H2,1-4H3,(H,28,31)(H,29,32)/t17-,25-/m0/s1. The first-order chi connectivity index (χ1) is 17.4. The van der Waals surface area contributed by atoms with E-state index in [2.05, 4.69) is 10.6 Å². The number of hydrogen-bond acceptors (Lipinski definition) is 6. The number of nitrogens with one attached hydrogen (secondary N) is 2. The SMILES string of the molecule is COc1ccc([C@H]2c3cc(OC)c(OC)cc3CCN2C(=O)N[C@@H](C)C(=O)NCc2ccco2)cc1. The third kappa shape index (κ3) is 5.25. The van der Waals surface area contributed by atoms with Crippen molar-refractivity contribution in [1.29, 1.82) is 0 Å². The molecule has 0 fully saturated rings. The van der Waals surface area contributed by atoms with E-state index in [0.29, 0.717) is 30.2 Å². The molecule has 1 aromatic heterocycles. The molecule has 1 aliphatic heterocycles. The summed E-state index contributed by atoms with van der Waals surface area (Å²) in [5.41, 5.74) is 2.92. The Labute approximate surface area is 210 Å². The summed E-state index contributed by atoms with van der Waals surface area (Å²) in [6.45, 7) is 2.37. The van der Waals surface area contributed by atoms with E-state index in [-0.39, 0.29) is 18.5 Å². The number of hydrogen-bond donors (Lipinski definition) is 2. The van der Waals surface area contributed by atoms with Gasteiger partial charge in [0.05, 0.1) is 40.2 Å². The molecule has 0 saturated heterocycles. The van der Waals surface area contributed by atoms with E-state index < -0.39 is 12.1 Å². The predicted octanol–water partition coefficient (Wildman–Crippen LogP) is 3.67. The molecule has 2 N–H and O–H groups in total. The van der Waals surface area contributed by atoms with Gasteiger partial charge in [-0.15, -0.1) is 0 Å². The molecule has 4 rings (SSSR count). The molecular formula is C27H31N3O6. The van der Waals surface area contributed by atoms with Gasteiger partial charge in [-0.2, -0.15) is 0 Å². The number of carbonyl (C=O) groups excluding carboxylic acids is 2. The van der Waals surface area contributed by atoms with Crippen LogP contribution in [-0.4, -0.2) is 50.8 Å². The fourth-order valence-electron chi connectivity index (χ4n) is 4.38. The summed E-state index contributed by atoms with van der Waals surface area (Å²) < 4.78 is 21.6. The van der Waals surface area contributed by atoms with Crippen molar-refractivity contribution in [3.05, 3.63) is 77.2 Å². The van der Waals surface area contributed by atoms with Crippen LogP contribution in [-0.2, 0) is 17.8 Å². The van der Waals surface area contributed by atoms with Gasteiger partial charge in [0.25, 0.3) is 0 Å². The molecule has 0 spiro atoms. The number of urea groups is 1. The number of benzene rings is 2. The van der Waals surface area contributed by atoms with E-state index in [0.717, 1.165) is 22.4 Å². The van der Waals surface area contributed by atoms with Crippen molar-refractivity contribution in [2.75, 3.05) is 27.9 Å². The van der Waals surface area contributed by atoms with Crippen LogP contribution in [0.4, 0.5) is 4.79 Å². The number of carbonyl (C=O) groups is 2. The van der Waals surface area contributed by atoms with Crippen molar-refractivity contribution in [3.63, 3.8) is 0 Å². The number of amides is 3. The third-order valence-electron chi connectivity index (χ3n) is 6.32. The van der Waals surface area contributed by atoms with Crippen LogP contribution in [0.25, 0.3) is 0 Å². The molecule has 190 valence electrons. The predicted molar refractivity (Wildman–Crippen MR) is 133 cm³/mol. The van der Waals surface area contributed by atoms with Gasteiger partial charge in [-0.1, -0.05) is 12.1 Å². The van der Waals surface area contributed by atoms with Crippen LogP contribution in [0.3, 0.4) is 0 Å². The van der Waals surface area contributed by atoms with Gasteiger partial charge in [0.15, 0.2) is 11.5 Å². The Hall–Kier alpha value is -4.14. The lowest BCUT2D eigenvalue weighted by Gasteiger charge is -2.38. The molecule has 0 bridgehead atoms. The zero-order valence-corrected chi connectivity index (χ0v) is 20.9. The minimum Gasteiger partial charge on any atom is -0.497 e. The van der Waals surface area contributed by atoms with Gasteiger partial charge in [0.1, 0.15) is 17.6 Å². The molecule has 1 aliphatic rings. The van der Waals surface area contributed by atoms with Gasteiger partial charge in [0, 0.05) is 6.54 Å². The minimum absolute atomic E-state index is 0.249. The van der Waals surface area contributed by atoms with Gasteiger partial charge in [-0.3, -0.25) is 4.79 Å². The highest BCUT2D eigenvalue weighted by Crippen LogP contribution is 2.41. The van der Waals surface area contributed by atoms with Crippen molar-refractivity contribution in [2.24, 2.45) is 0 Å². The average Bonchev–Trinajstić information content (AvgIpc) is 3.43. The first-order valence-corrected chi connectivity index (χ1v) is 11.7. The number of rotatable bonds is 8. The molecule has 0 radical (unpaired) electrons. The lowest BCUT2D eigenvalue weighted by Crippen LogP contribution is -2.52. The summed E-state index contributed by atoms with van der Waals surface area (Å²) in [6, 6.07) is 13.6. The smallest absolute Gasteiger partial charge is 0.318 e. The molecule has 0 saturated carbocycles. The average molecular weight is 494 g/mol. The summed E-state index contributed by atoms with van der Waals surface area (Å²) in [7, 11) is 4.80. The number of furan rings is 1. The van der Waals surface area contributed by atoms with Crippen LogP contribution in [0.1, 0.15) is 35.4 Å². The van der Waals surface area contributed by atoms with Crippen molar-refractivity contribution in [2.45, 2.75) is 32.0 Å². The second kappa shape index (κ2) is 11.1. The maximum absolute atomic E-state index is 13.5. The Morgan fingerprint density at radius 3 is 2.42 bits per heavy atom. The third-order valence-corrected chi connectivity index (χ3v) is 6.32. The molecule has 36 heavy (non-hydrogen) atoms. The van der Waals surface area contributed by atoms with E-state index >= 15 is 0 Å². The van der Waals surface area contributed by atoms with Gasteiger partial charge in [-0.25, -0.2) is 4.79 Å². The Bertz CT molecular complexity index is 1190. The molecule has 3 amide bonds. The van der Waals surface area contributed by atoms with Crippen LogP contribution >= 0.6 is 0 Å². The lowest BCUT2D eigenvalue weighted by atomic mass is 9.87. The van der Waals surface area contributed by atoms with Crippen molar-refractivity contribution in [1.82, 2.24) is 15.5 Å². The highest BCUT2D eigenvalue weighted by atomic mass is 16.5. The van der Waals surface area contributed by atoms with E-state index in [1.165, 1.54) is 0 Å². The Morgan fingerprint density at radius 1 is 1.06 bits per heavy atom. The van der Waals surface area contributed by atoms with Gasteiger partial charge >= 0.3 is 6.03 Å². The van der Waals surface area contributed by atoms with E-state index in [4.69, 9.17) is 18.6 Å². The van der Waals surface area contributed by atoms with Gasteiger partial charge in [0.2, 0.25) is 5.91 Å². The second-order valence-corrected chi connectivity index (χ2v) is 8.49. The largest absolute Gasteiger partial charge is 0.497 e. The number of fused-ring (bicyclic) bond motifs is 1. The zero-order chi connectivity index (χ0) is 25.7. The minimum atomic E-state index is -0.740. The zero-order valence-electron chi connectivity index (χ0n) is 20.9. The molecular weight excluding hydrogens is 462 g/mol. The van der Waals surface area contributed by atoms with E-state index in [1.807, 2.05) is 36.4 Å². The maximum Gasteiger partial charge on any atom is 0.318 e. The van der Waals surface area contributed by atoms with Crippen molar-refractivity contribution < 1.29 is 28.2 Å². The summed E-state index contributed by atoms with van der Waals surface area (Å²) in [6.07, 6.45) is 2.18. The monoisotopic (exact) mass is 493 g/mol. The molecule has 0 unspecified atom stereocenters. The van der Waals surface area contributed by atoms with Crippen molar-refractivity contribution >= 4 is 11.9 Å². The number of ether oxygens (including phenoxy) is 3. The highest BCUT2D eigenvalue weighted by Gasteiger charge is 2.34. The lowest BCUT2D eigenvalue weighted by molar-refractivity contribution is -0.122. The Balaban J connectivity index is 1.59. The summed E-state index contributed by atoms with van der Waals surface area (Å²) in [4.78, 5) is 27.8. The number of nitrogens with zero attached hydrogens (tertiary/aromatic N) is 1. The fourth-order valence-corrected chi connectivity index (χ4v) is 4.38. The molecule has 3 aromatic rings. The molecule has 2 atom stereocenters. The Kier molecular flexibility index (Phi) is 7.68. The molecule has 2 heterocycles. The first-order valence-electron chi connectivity index (χ1n) is 11.7. The molecule has 0 aliphatic carbocycles. The van der Waals surface area contributed by atoms with Crippen LogP contribution in [0.15, 0.2) is 59.2 Å². The summed E-state index contributed by atoms with van der Waals surface area (Å²) in [5.74, 6) is 2.29. The topological polar surface area (TPSA) is 102 Å². The van der Waals surface area contributed by atoms with Crippen LogP contribution in [0, 0.1) is 0 Å². The Morgan fingerprint density at radius 2 is 1.78 bits per heavy atom. The first kappa shape index (κ1) is 25.0. The van der Waals surface area contributed by atoms with Gasteiger partial charge < -0.3 is 34.2 Å².